The Morgan fingerprint density at radius 3 is 3.09 bits per heavy atom. The van der Waals surface area contributed by atoms with Gasteiger partial charge in [-0.2, -0.15) is 5.10 Å². The molecule has 1 atom stereocenters. The highest BCUT2D eigenvalue weighted by Crippen LogP contribution is 2.21. The molecule has 0 bridgehead atoms. The van der Waals surface area contributed by atoms with Gasteiger partial charge in [0.15, 0.2) is 5.96 Å². The summed E-state index contributed by atoms with van der Waals surface area (Å²) >= 11 is 0. The van der Waals surface area contributed by atoms with Gasteiger partial charge < -0.3 is 15.1 Å². The van der Waals surface area contributed by atoms with Crippen molar-refractivity contribution in [3.05, 3.63) is 41.6 Å². The number of aliphatic imine (C=N–C) groups is 1. The van der Waals surface area contributed by atoms with Crippen molar-refractivity contribution in [1.29, 1.82) is 0 Å². The van der Waals surface area contributed by atoms with E-state index in [1.807, 2.05) is 6.07 Å². The highest BCUT2D eigenvalue weighted by molar-refractivity contribution is 5.80. The van der Waals surface area contributed by atoms with Gasteiger partial charge in [0, 0.05) is 43.9 Å². The van der Waals surface area contributed by atoms with Gasteiger partial charge in [0.25, 0.3) is 0 Å². The normalized spacial score (nSPS) is 18.1. The Hall–Kier alpha value is -2.24. The third-order valence-electron chi connectivity index (χ3n) is 4.23. The minimum Gasteiger partial charge on any atom is -0.472 e. The first-order valence-corrected chi connectivity index (χ1v) is 8.21. The summed E-state index contributed by atoms with van der Waals surface area (Å²) in [6, 6.07) is 2.73. The highest BCUT2D eigenvalue weighted by atomic mass is 16.3. The summed E-state index contributed by atoms with van der Waals surface area (Å²) in [5.41, 5.74) is 3.71. The Labute approximate surface area is 137 Å². The second kappa shape index (κ2) is 6.89. The van der Waals surface area contributed by atoms with Crippen LogP contribution in [0.4, 0.5) is 0 Å². The molecular formula is C17H25N5O. The van der Waals surface area contributed by atoms with E-state index < -0.39 is 0 Å². The van der Waals surface area contributed by atoms with Crippen molar-refractivity contribution < 1.29 is 4.42 Å². The van der Waals surface area contributed by atoms with Crippen molar-refractivity contribution in [1.82, 2.24) is 20.4 Å². The lowest BCUT2D eigenvalue weighted by Gasteiger charge is -2.24. The second-order valence-corrected chi connectivity index (χ2v) is 6.32. The van der Waals surface area contributed by atoms with Crippen LogP contribution in [0, 0.1) is 0 Å². The van der Waals surface area contributed by atoms with Crippen molar-refractivity contribution in [2.24, 2.45) is 4.99 Å². The number of furan rings is 1. The fraction of sp³-hybridized carbons (Fsp3) is 0.529. The number of aryl methyl sites for hydroxylation is 1. The van der Waals surface area contributed by atoms with Gasteiger partial charge >= 0.3 is 0 Å². The van der Waals surface area contributed by atoms with E-state index in [1.54, 1.807) is 19.6 Å². The Morgan fingerprint density at radius 1 is 1.52 bits per heavy atom. The lowest BCUT2D eigenvalue weighted by atomic mass is 9.94. The van der Waals surface area contributed by atoms with Gasteiger partial charge in [0.05, 0.1) is 18.2 Å². The molecule has 0 spiro atoms. The predicted molar refractivity (Wildman–Crippen MR) is 90.5 cm³/mol. The maximum Gasteiger partial charge on any atom is 0.191 e. The van der Waals surface area contributed by atoms with Crippen LogP contribution < -0.4 is 10.6 Å². The molecule has 23 heavy (non-hydrogen) atoms. The zero-order chi connectivity index (χ0) is 16.2. The van der Waals surface area contributed by atoms with Crippen molar-refractivity contribution >= 4 is 5.96 Å². The van der Waals surface area contributed by atoms with Crippen molar-refractivity contribution in [3.8, 4) is 0 Å². The van der Waals surface area contributed by atoms with Gasteiger partial charge in [-0.1, -0.05) is 0 Å². The summed E-state index contributed by atoms with van der Waals surface area (Å²) < 4.78 is 7.15. The van der Waals surface area contributed by atoms with E-state index in [0.717, 1.165) is 30.8 Å². The van der Waals surface area contributed by atoms with E-state index in [-0.39, 0.29) is 0 Å². The molecule has 2 heterocycles. The van der Waals surface area contributed by atoms with Gasteiger partial charge in [0.2, 0.25) is 0 Å². The SMILES string of the molecule is CN=C(NCc1ccoc1)NC1CCc2cn(C(C)C)nc2C1. The first-order chi connectivity index (χ1) is 11.2. The van der Waals surface area contributed by atoms with Gasteiger partial charge in [-0.15, -0.1) is 0 Å². The number of nitrogens with zero attached hydrogens (tertiary/aromatic N) is 3. The molecule has 3 rings (SSSR count). The van der Waals surface area contributed by atoms with Crippen LogP contribution in [0.15, 0.2) is 34.2 Å². The molecule has 0 radical (unpaired) electrons. The molecule has 0 saturated heterocycles. The molecule has 2 aromatic rings. The summed E-state index contributed by atoms with van der Waals surface area (Å²) in [4.78, 5) is 4.31. The largest absolute Gasteiger partial charge is 0.472 e. The molecule has 2 aromatic heterocycles. The summed E-state index contributed by atoms with van der Waals surface area (Å²) in [7, 11) is 1.80. The van der Waals surface area contributed by atoms with Crippen molar-refractivity contribution in [2.45, 2.75) is 51.7 Å². The number of nitrogens with one attached hydrogen (secondary N) is 2. The van der Waals surface area contributed by atoms with Crippen LogP contribution in [0.3, 0.4) is 0 Å². The predicted octanol–water partition coefficient (Wildman–Crippen LogP) is 2.28. The van der Waals surface area contributed by atoms with E-state index in [0.29, 0.717) is 18.6 Å². The average Bonchev–Trinajstić information content (AvgIpc) is 3.20. The number of guanidine groups is 1. The van der Waals surface area contributed by atoms with Crippen molar-refractivity contribution in [2.75, 3.05) is 7.05 Å². The van der Waals surface area contributed by atoms with E-state index in [1.165, 1.54) is 11.3 Å². The summed E-state index contributed by atoms with van der Waals surface area (Å²) in [5, 5.41) is 11.6. The number of aromatic nitrogens is 2. The minimum atomic E-state index is 0.369. The van der Waals surface area contributed by atoms with Gasteiger partial charge in [-0.3, -0.25) is 9.67 Å². The second-order valence-electron chi connectivity index (χ2n) is 6.32. The average molecular weight is 315 g/mol. The van der Waals surface area contributed by atoms with Gasteiger partial charge in [0.1, 0.15) is 0 Å². The Bertz CT molecular complexity index is 657. The quantitative estimate of drug-likeness (QED) is 0.671. The fourth-order valence-corrected chi connectivity index (χ4v) is 2.87. The molecular weight excluding hydrogens is 290 g/mol. The fourth-order valence-electron chi connectivity index (χ4n) is 2.87. The Morgan fingerprint density at radius 2 is 2.39 bits per heavy atom. The van der Waals surface area contributed by atoms with Crippen LogP contribution in [-0.2, 0) is 19.4 Å². The molecule has 124 valence electrons. The van der Waals surface area contributed by atoms with Crippen LogP contribution in [0.2, 0.25) is 0 Å². The lowest BCUT2D eigenvalue weighted by molar-refractivity contribution is 0.499. The topological polar surface area (TPSA) is 67.4 Å². The zero-order valence-corrected chi connectivity index (χ0v) is 14.0. The zero-order valence-electron chi connectivity index (χ0n) is 14.0. The Kier molecular flexibility index (Phi) is 4.69. The lowest BCUT2D eigenvalue weighted by Crippen LogP contribution is -2.45. The Balaban J connectivity index is 1.57. The molecule has 6 nitrogen and oxygen atoms in total. The minimum absolute atomic E-state index is 0.369. The van der Waals surface area contributed by atoms with Crippen LogP contribution in [0.1, 0.15) is 43.1 Å². The van der Waals surface area contributed by atoms with Gasteiger partial charge in [-0.05, 0) is 38.3 Å². The third-order valence-corrected chi connectivity index (χ3v) is 4.23. The first-order valence-electron chi connectivity index (χ1n) is 8.21. The molecule has 1 unspecified atom stereocenters. The van der Waals surface area contributed by atoms with E-state index in [9.17, 15) is 0 Å². The summed E-state index contributed by atoms with van der Waals surface area (Å²) in [6.07, 6.45) is 8.73. The van der Waals surface area contributed by atoms with E-state index in [4.69, 9.17) is 9.52 Å². The molecule has 2 N–H and O–H groups in total. The number of rotatable bonds is 4. The maximum absolute atomic E-state index is 5.08. The molecule has 0 saturated carbocycles. The molecule has 1 aliphatic carbocycles. The number of hydrogen-bond acceptors (Lipinski definition) is 3. The van der Waals surface area contributed by atoms with Crippen LogP contribution in [0.25, 0.3) is 0 Å². The van der Waals surface area contributed by atoms with E-state index in [2.05, 4.69) is 40.4 Å². The van der Waals surface area contributed by atoms with Crippen molar-refractivity contribution in [3.63, 3.8) is 0 Å². The van der Waals surface area contributed by atoms with Crippen LogP contribution >= 0.6 is 0 Å². The summed E-state index contributed by atoms with van der Waals surface area (Å²) in [5.74, 6) is 0.822. The standard InChI is InChI=1S/C17H25N5O/c1-12(2)22-10-14-4-5-15(8-16(14)21-22)20-17(18-3)19-9-13-6-7-23-11-13/h6-7,10-12,15H,4-5,8-9H2,1-3H3,(H2,18,19,20). The highest BCUT2D eigenvalue weighted by Gasteiger charge is 2.22. The number of hydrogen-bond donors (Lipinski definition) is 2. The molecule has 0 amide bonds. The molecule has 0 fully saturated rings. The monoisotopic (exact) mass is 315 g/mol. The first kappa shape index (κ1) is 15.6. The third kappa shape index (κ3) is 3.75. The maximum atomic E-state index is 5.08. The van der Waals surface area contributed by atoms with Gasteiger partial charge in [-0.25, -0.2) is 0 Å². The number of fused-ring (bicyclic) bond motifs is 1. The van der Waals surface area contributed by atoms with E-state index >= 15 is 0 Å². The smallest absolute Gasteiger partial charge is 0.191 e. The molecule has 0 aliphatic heterocycles. The molecule has 1 aliphatic rings. The summed E-state index contributed by atoms with van der Waals surface area (Å²) in [6.45, 7) is 5.03. The van der Waals surface area contributed by atoms with Crippen LogP contribution in [0.5, 0.6) is 0 Å². The molecule has 6 heteroatoms. The molecule has 0 aromatic carbocycles. The van der Waals surface area contributed by atoms with Crippen LogP contribution in [-0.4, -0.2) is 28.8 Å².